The molecule has 1 atom stereocenters. The molecule has 1 saturated carbocycles. The number of ether oxygens (including phenoxy) is 1. The second-order valence-corrected chi connectivity index (χ2v) is 7.99. The van der Waals surface area contributed by atoms with Crippen molar-refractivity contribution in [3.63, 3.8) is 0 Å². The zero-order valence-electron chi connectivity index (χ0n) is 16.8. The van der Waals surface area contributed by atoms with Crippen LogP contribution in [0.25, 0.3) is 0 Å². The first kappa shape index (κ1) is 22.5. The number of rotatable bonds is 8. The summed E-state index contributed by atoms with van der Waals surface area (Å²) in [4.78, 5) is 12.1. The van der Waals surface area contributed by atoms with Crippen LogP contribution in [0, 0.1) is 6.92 Å². The Morgan fingerprint density at radius 3 is 2.43 bits per heavy atom. The zero-order chi connectivity index (χ0) is 21.1. The first-order valence-corrected chi connectivity index (χ1v) is 9.66. The summed E-state index contributed by atoms with van der Waals surface area (Å²) in [6.07, 6.45) is 0.324. The summed E-state index contributed by atoms with van der Waals surface area (Å²) < 4.78 is 58.5. The molecule has 1 aromatic rings. The highest BCUT2D eigenvalue weighted by Gasteiger charge is 2.36. The maximum Gasteiger partial charge on any atom is 0.413 e. The van der Waals surface area contributed by atoms with E-state index in [2.05, 4.69) is 15.2 Å². The predicted molar refractivity (Wildman–Crippen MR) is 98.3 cm³/mol. The fraction of sp³-hybridized carbons (Fsp3) is 0.789. The van der Waals surface area contributed by atoms with Crippen LogP contribution < -0.4 is 5.32 Å². The van der Waals surface area contributed by atoms with Gasteiger partial charge in [0.1, 0.15) is 5.82 Å². The van der Waals surface area contributed by atoms with Crippen molar-refractivity contribution in [1.82, 2.24) is 9.78 Å². The number of hydrogen-bond acceptors (Lipinski definition) is 3. The van der Waals surface area contributed by atoms with Crippen molar-refractivity contribution in [1.29, 1.82) is 0 Å². The lowest BCUT2D eigenvalue weighted by Crippen LogP contribution is -2.26. The van der Waals surface area contributed by atoms with E-state index in [0.29, 0.717) is 30.4 Å². The van der Waals surface area contributed by atoms with E-state index in [1.807, 2.05) is 6.92 Å². The average molecular weight is 407 g/mol. The highest BCUT2D eigenvalue weighted by molar-refractivity contribution is 5.84. The first-order chi connectivity index (χ1) is 13.0. The summed E-state index contributed by atoms with van der Waals surface area (Å²) in [5.41, 5.74) is 0.203. The molecule has 1 heterocycles. The Balaban J connectivity index is 2.36. The number of nitrogens with one attached hydrogen (secondary N) is 1. The molecule has 0 aliphatic heterocycles. The fourth-order valence-electron chi connectivity index (χ4n) is 3.73. The van der Waals surface area contributed by atoms with Crippen molar-refractivity contribution >= 4 is 11.9 Å². The maximum absolute atomic E-state index is 13.2. The van der Waals surface area contributed by atoms with Crippen LogP contribution in [0.1, 0.15) is 76.6 Å². The normalized spacial score (nSPS) is 17.8. The number of amides is 1. The van der Waals surface area contributed by atoms with Gasteiger partial charge in [0.05, 0.1) is 11.7 Å². The third kappa shape index (κ3) is 5.38. The largest absolute Gasteiger partial charge is 0.443 e. The van der Waals surface area contributed by atoms with Crippen molar-refractivity contribution in [3.8, 4) is 0 Å². The number of alkyl halides is 4. The lowest BCUT2D eigenvalue weighted by molar-refractivity contribution is -0.0358. The number of anilines is 1. The standard InChI is InChI=1S/C19H29F4N3O2/c1-5-18(3,10-14(20)21)15-12(2)16(24-17(27)28-11-19(4,22)23)26(25-15)13-8-6-7-9-13/h13-14H,5-11H2,1-4H3,(H,24,27). The van der Waals surface area contributed by atoms with Crippen LogP contribution >= 0.6 is 0 Å². The van der Waals surface area contributed by atoms with Crippen LogP contribution in [0.5, 0.6) is 0 Å². The van der Waals surface area contributed by atoms with E-state index < -0.39 is 30.5 Å². The summed E-state index contributed by atoms with van der Waals surface area (Å²) in [6.45, 7) is 4.87. The quantitative estimate of drug-likeness (QED) is 0.552. The minimum atomic E-state index is -3.14. The summed E-state index contributed by atoms with van der Waals surface area (Å²) in [5.74, 6) is -2.80. The number of aromatic nitrogens is 2. The van der Waals surface area contributed by atoms with Gasteiger partial charge in [-0.15, -0.1) is 0 Å². The zero-order valence-corrected chi connectivity index (χ0v) is 16.8. The molecule has 1 unspecified atom stereocenters. The van der Waals surface area contributed by atoms with Gasteiger partial charge in [0.25, 0.3) is 5.92 Å². The molecule has 1 N–H and O–H groups in total. The lowest BCUT2D eigenvalue weighted by Gasteiger charge is -2.26. The molecule has 0 saturated heterocycles. The average Bonchev–Trinajstić information content (AvgIpc) is 3.21. The van der Waals surface area contributed by atoms with Crippen molar-refractivity contribution in [2.45, 2.75) is 90.0 Å². The van der Waals surface area contributed by atoms with Crippen LogP contribution in [-0.4, -0.2) is 34.8 Å². The van der Waals surface area contributed by atoms with Crippen molar-refractivity contribution < 1.29 is 27.1 Å². The molecule has 0 bridgehead atoms. The maximum atomic E-state index is 13.2. The molecule has 1 aliphatic rings. The van der Waals surface area contributed by atoms with Gasteiger partial charge in [0, 0.05) is 24.3 Å². The highest BCUT2D eigenvalue weighted by Crippen LogP contribution is 2.40. The molecule has 1 aromatic heterocycles. The van der Waals surface area contributed by atoms with Crippen molar-refractivity contribution in [2.24, 2.45) is 0 Å². The molecular weight excluding hydrogens is 378 g/mol. The Bertz CT molecular complexity index is 681. The summed E-state index contributed by atoms with van der Waals surface area (Å²) in [6, 6.07) is 0.0306. The Morgan fingerprint density at radius 1 is 1.32 bits per heavy atom. The second kappa shape index (κ2) is 8.69. The van der Waals surface area contributed by atoms with Gasteiger partial charge < -0.3 is 4.74 Å². The van der Waals surface area contributed by atoms with E-state index >= 15 is 0 Å². The molecule has 0 spiro atoms. The monoisotopic (exact) mass is 407 g/mol. The molecular formula is C19H29F4N3O2. The van der Waals surface area contributed by atoms with Crippen LogP contribution in [0.3, 0.4) is 0 Å². The van der Waals surface area contributed by atoms with Crippen LogP contribution in [0.15, 0.2) is 0 Å². The van der Waals surface area contributed by atoms with Crippen LogP contribution in [-0.2, 0) is 10.2 Å². The van der Waals surface area contributed by atoms with Crippen molar-refractivity contribution in [2.75, 3.05) is 11.9 Å². The van der Waals surface area contributed by atoms with Gasteiger partial charge >= 0.3 is 6.09 Å². The van der Waals surface area contributed by atoms with E-state index in [1.165, 1.54) is 0 Å². The minimum Gasteiger partial charge on any atom is -0.443 e. The summed E-state index contributed by atoms with van der Waals surface area (Å²) >= 11 is 0. The van der Waals surface area contributed by atoms with E-state index in [9.17, 15) is 22.4 Å². The Hall–Kier alpha value is -1.80. The summed E-state index contributed by atoms with van der Waals surface area (Å²) in [5, 5.41) is 7.13. The van der Waals surface area contributed by atoms with Gasteiger partial charge in [-0.05, 0) is 26.2 Å². The van der Waals surface area contributed by atoms with E-state index in [4.69, 9.17) is 0 Å². The SMILES string of the molecule is CCC(C)(CC(F)F)c1nn(C2CCCC2)c(NC(=O)OCC(C)(F)F)c1C. The smallest absolute Gasteiger partial charge is 0.413 e. The van der Waals surface area contributed by atoms with Gasteiger partial charge in [0.15, 0.2) is 6.61 Å². The van der Waals surface area contributed by atoms with Gasteiger partial charge in [0.2, 0.25) is 6.43 Å². The van der Waals surface area contributed by atoms with E-state index in [0.717, 1.165) is 25.7 Å². The van der Waals surface area contributed by atoms with E-state index in [1.54, 1.807) is 18.5 Å². The predicted octanol–water partition coefficient (Wildman–Crippen LogP) is 5.83. The van der Waals surface area contributed by atoms with Crippen LogP contribution in [0.4, 0.5) is 28.2 Å². The highest BCUT2D eigenvalue weighted by atomic mass is 19.3. The number of halogens is 4. The van der Waals surface area contributed by atoms with Crippen LogP contribution in [0.2, 0.25) is 0 Å². The first-order valence-electron chi connectivity index (χ1n) is 9.66. The third-order valence-corrected chi connectivity index (χ3v) is 5.45. The molecule has 1 fully saturated rings. The molecule has 2 rings (SSSR count). The molecule has 28 heavy (non-hydrogen) atoms. The van der Waals surface area contributed by atoms with Gasteiger partial charge in [-0.3, -0.25) is 5.32 Å². The lowest BCUT2D eigenvalue weighted by atomic mass is 9.79. The summed E-state index contributed by atoms with van der Waals surface area (Å²) in [7, 11) is 0. The molecule has 1 amide bonds. The molecule has 0 aromatic carbocycles. The number of nitrogens with zero attached hydrogens (tertiary/aromatic N) is 2. The number of carbonyl (C=O) groups is 1. The van der Waals surface area contributed by atoms with E-state index in [-0.39, 0.29) is 12.5 Å². The van der Waals surface area contributed by atoms with Gasteiger partial charge in [-0.1, -0.05) is 26.7 Å². The molecule has 5 nitrogen and oxygen atoms in total. The Morgan fingerprint density at radius 2 is 1.93 bits per heavy atom. The number of carbonyl (C=O) groups excluding carboxylic acids is 1. The fourth-order valence-corrected chi connectivity index (χ4v) is 3.73. The van der Waals surface area contributed by atoms with Crippen molar-refractivity contribution in [3.05, 3.63) is 11.3 Å². The molecule has 9 heteroatoms. The topological polar surface area (TPSA) is 56.2 Å². The molecule has 160 valence electrons. The second-order valence-electron chi connectivity index (χ2n) is 7.99. The third-order valence-electron chi connectivity index (χ3n) is 5.45. The van der Waals surface area contributed by atoms with Gasteiger partial charge in [-0.25, -0.2) is 27.0 Å². The number of hydrogen-bond donors (Lipinski definition) is 1. The minimum absolute atomic E-state index is 0.0306. The Kier molecular flexibility index (Phi) is 6.98. The molecule has 1 aliphatic carbocycles. The van der Waals surface area contributed by atoms with Gasteiger partial charge in [-0.2, -0.15) is 5.10 Å². The molecule has 0 radical (unpaired) electrons. The Labute approximate surface area is 162 Å².